The lowest BCUT2D eigenvalue weighted by Gasteiger charge is -2.39. The van der Waals surface area contributed by atoms with Crippen molar-refractivity contribution in [2.45, 2.75) is 58.3 Å². The smallest absolute Gasteiger partial charge is 0.222 e. The number of ether oxygens (including phenoxy) is 1. The van der Waals surface area contributed by atoms with E-state index in [1.165, 1.54) is 5.56 Å². The molecule has 2 aliphatic heterocycles. The van der Waals surface area contributed by atoms with Crippen LogP contribution < -0.4 is 0 Å². The predicted molar refractivity (Wildman–Crippen MR) is 100 cm³/mol. The highest BCUT2D eigenvalue weighted by molar-refractivity contribution is 5.77. The molecule has 138 valence electrons. The molecule has 2 fully saturated rings. The first kappa shape index (κ1) is 18.4. The van der Waals surface area contributed by atoms with Gasteiger partial charge in [-0.1, -0.05) is 30.3 Å². The van der Waals surface area contributed by atoms with Crippen LogP contribution in [0.15, 0.2) is 30.3 Å². The summed E-state index contributed by atoms with van der Waals surface area (Å²) >= 11 is 0. The van der Waals surface area contributed by atoms with Crippen LogP contribution in [0.3, 0.4) is 0 Å². The first-order valence-corrected chi connectivity index (χ1v) is 9.79. The Hall–Kier alpha value is -1.39. The summed E-state index contributed by atoms with van der Waals surface area (Å²) in [4.78, 5) is 16.6. The molecule has 1 unspecified atom stereocenters. The largest absolute Gasteiger partial charge is 0.373 e. The van der Waals surface area contributed by atoms with Gasteiger partial charge in [-0.25, -0.2) is 0 Å². The summed E-state index contributed by atoms with van der Waals surface area (Å²) in [5.74, 6) is 0.959. The highest BCUT2D eigenvalue weighted by Crippen LogP contribution is 2.23. The van der Waals surface area contributed by atoms with E-state index in [1.807, 2.05) is 6.07 Å². The summed E-state index contributed by atoms with van der Waals surface area (Å²) in [5.41, 5.74) is 1.26. The van der Waals surface area contributed by atoms with Gasteiger partial charge in [-0.05, 0) is 44.6 Å². The van der Waals surface area contributed by atoms with Crippen molar-refractivity contribution >= 4 is 5.91 Å². The van der Waals surface area contributed by atoms with Crippen molar-refractivity contribution in [1.29, 1.82) is 0 Å². The molecule has 1 aromatic carbocycles. The van der Waals surface area contributed by atoms with E-state index in [-0.39, 0.29) is 0 Å². The second kappa shape index (κ2) is 8.81. The van der Waals surface area contributed by atoms with E-state index in [0.29, 0.717) is 24.0 Å². The number of hydrogen-bond acceptors (Lipinski definition) is 3. The number of carbonyl (C=O) groups is 1. The average molecular weight is 344 g/mol. The maximum absolute atomic E-state index is 12.0. The number of carbonyl (C=O) groups excluding carboxylic acids is 1. The second-order valence-electron chi connectivity index (χ2n) is 7.84. The molecule has 0 spiro atoms. The number of piperidine rings is 2. The van der Waals surface area contributed by atoms with E-state index in [2.05, 4.69) is 47.9 Å². The van der Waals surface area contributed by atoms with Crippen molar-refractivity contribution in [2.75, 3.05) is 26.2 Å². The number of hydrogen-bond donors (Lipinski definition) is 0. The molecule has 2 aliphatic rings. The Morgan fingerprint density at radius 3 is 2.52 bits per heavy atom. The van der Waals surface area contributed by atoms with Gasteiger partial charge in [0.05, 0.1) is 12.7 Å². The monoisotopic (exact) mass is 344 g/mol. The molecule has 4 nitrogen and oxygen atoms in total. The van der Waals surface area contributed by atoms with Crippen LogP contribution in [-0.2, 0) is 16.1 Å². The molecule has 4 heteroatoms. The summed E-state index contributed by atoms with van der Waals surface area (Å²) in [6.45, 7) is 9.26. The zero-order valence-corrected chi connectivity index (χ0v) is 15.7. The highest BCUT2D eigenvalue weighted by atomic mass is 16.5. The lowest BCUT2D eigenvalue weighted by molar-refractivity contribution is -0.137. The lowest BCUT2D eigenvalue weighted by Crippen LogP contribution is -2.48. The van der Waals surface area contributed by atoms with Gasteiger partial charge in [0.1, 0.15) is 0 Å². The molecular weight excluding hydrogens is 312 g/mol. The summed E-state index contributed by atoms with van der Waals surface area (Å²) in [6, 6.07) is 10.8. The fraction of sp³-hybridized carbons (Fsp3) is 0.667. The minimum absolute atomic E-state index is 0.326. The van der Waals surface area contributed by atoms with Gasteiger partial charge in [0.15, 0.2) is 0 Å². The number of benzene rings is 1. The molecule has 0 N–H and O–H groups in total. The van der Waals surface area contributed by atoms with Gasteiger partial charge in [0.25, 0.3) is 0 Å². The molecule has 0 aliphatic carbocycles. The summed E-state index contributed by atoms with van der Waals surface area (Å²) < 4.78 is 6.09. The zero-order chi connectivity index (χ0) is 17.6. The number of likely N-dealkylation sites (tertiary alicyclic amines) is 2. The van der Waals surface area contributed by atoms with Crippen molar-refractivity contribution in [3.8, 4) is 0 Å². The first-order valence-electron chi connectivity index (χ1n) is 9.79. The first-order chi connectivity index (χ1) is 12.1. The van der Waals surface area contributed by atoms with E-state index < -0.39 is 0 Å². The van der Waals surface area contributed by atoms with Gasteiger partial charge in [-0.2, -0.15) is 0 Å². The van der Waals surface area contributed by atoms with Crippen LogP contribution in [0.4, 0.5) is 0 Å². The third-order valence-corrected chi connectivity index (χ3v) is 5.54. The molecule has 1 aromatic rings. The average Bonchev–Trinajstić information content (AvgIpc) is 2.63. The van der Waals surface area contributed by atoms with Crippen LogP contribution in [0.25, 0.3) is 0 Å². The molecule has 2 heterocycles. The van der Waals surface area contributed by atoms with E-state index in [4.69, 9.17) is 4.74 Å². The normalized spacial score (nSPS) is 23.4. The molecule has 3 rings (SSSR count). The third kappa shape index (κ3) is 5.29. The Labute approximate surface area is 152 Å². The van der Waals surface area contributed by atoms with Gasteiger partial charge in [-0.15, -0.1) is 0 Å². The fourth-order valence-corrected chi connectivity index (χ4v) is 4.00. The van der Waals surface area contributed by atoms with Gasteiger partial charge >= 0.3 is 0 Å². The van der Waals surface area contributed by atoms with E-state index in [1.54, 1.807) is 0 Å². The molecule has 0 aromatic heterocycles. The van der Waals surface area contributed by atoms with Gasteiger partial charge in [0, 0.05) is 38.6 Å². The van der Waals surface area contributed by atoms with Crippen molar-refractivity contribution in [1.82, 2.24) is 9.80 Å². The van der Waals surface area contributed by atoms with Crippen molar-refractivity contribution < 1.29 is 9.53 Å². The second-order valence-corrected chi connectivity index (χ2v) is 7.84. The molecule has 0 radical (unpaired) electrons. The number of rotatable bonds is 6. The van der Waals surface area contributed by atoms with E-state index >= 15 is 0 Å². The minimum Gasteiger partial charge on any atom is -0.373 e. The standard InChI is InChI=1S/C21H32N2O2/c1-17(2)23-15-19(8-9-21(23)24)14-22-12-10-20(11-13-22)25-16-18-6-4-3-5-7-18/h3-7,17,19-20H,8-16H2,1-2H3. The maximum Gasteiger partial charge on any atom is 0.222 e. The molecule has 1 atom stereocenters. The predicted octanol–water partition coefficient (Wildman–Crippen LogP) is 3.31. The molecule has 0 bridgehead atoms. The van der Waals surface area contributed by atoms with E-state index in [0.717, 1.165) is 58.5 Å². The molecular formula is C21H32N2O2. The summed E-state index contributed by atoms with van der Waals surface area (Å²) in [5, 5.41) is 0. The summed E-state index contributed by atoms with van der Waals surface area (Å²) in [6.07, 6.45) is 4.39. The van der Waals surface area contributed by atoms with Crippen LogP contribution in [0, 0.1) is 5.92 Å². The molecule has 2 saturated heterocycles. The lowest BCUT2D eigenvalue weighted by atomic mass is 9.95. The highest BCUT2D eigenvalue weighted by Gasteiger charge is 2.29. The maximum atomic E-state index is 12.0. The number of nitrogens with zero attached hydrogens (tertiary/aromatic N) is 2. The van der Waals surface area contributed by atoms with Gasteiger partial charge < -0.3 is 14.5 Å². The van der Waals surface area contributed by atoms with Crippen LogP contribution in [-0.4, -0.2) is 54.0 Å². The fourth-order valence-electron chi connectivity index (χ4n) is 4.00. The van der Waals surface area contributed by atoms with Crippen molar-refractivity contribution in [3.63, 3.8) is 0 Å². The molecule has 0 saturated carbocycles. The van der Waals surface area contributed by atoms with E-state index in [9.17, 15) is 4.79 Å². The van der Waals surface area contributed by atoms with Gasteiger partial charge in [-0.3, -0.25) is 4.79 Å². The Morgan fingerprint density at radius 2 is 1.84 bits per heavy atom. The number of amides is 1. The summed E-state index contributed by atoms with van der Waals surface area (Å²) in [7, 11) is 0. The minimum atomic E-state index is 0.326. The van der Waals surface area contributed by atoms with Crippen molar-refractivity contribution in [3.05, 3.63) is 35.9 Å². The Balaban J connectivity index is 1.38. The quantitative estimate of drug-likeness (QED) is 0.794. The van der Waals surface area contributed by atoms with Gasteiger partial charge in [0.2, 0.25) is 5.91 Å². The van der Waals surface area contributed by atoms with Crippen LogP contribution in [0.5, 0.6) is 0 Å². The van der Waals surface area contributed by atoms with Crippen LogP contribution in [0.2, 0.25) is 0 Å². The molecule has 25 heavy (non-hydrogen) atoms. The Bertz CT molecular complexity index is 538. The Kier molecular flexibility index (Phi) is 6.49. The topological polar surface area (TPSA) is 32.8 Å². The zero-order valence-electron chi connectivity index (χ0n) is 15.7. The van der Waals surface area contributed by atoms with Crippen molar-refractivity contribution in [2.24, 2.45) is 5.92 Å². The molecule has 1 amide bonds. The SMILES string of the molecule is CC(C)N1CC(CN2CCC(OCc3ccccc3)CC2)CCC1=O. The third-order valence-electron chi connectivity index (χ3n) is 5.54. The Morgan fingerprint density at radius 1 is 1.12 bits per heavy atom. The van der Waals surface area contributed by atoms with Crippen LogP contribution in [0.1, 0.15) is 45.1 Å². The van der Waals surface area contributed by atoms with Crippen LogP contribution >= 0.6 is 0 Å².